The van der Waals surface area contributed by atoms with Gasteiger partial charge in [-0.2, -0.15) is 4.98 Å². The molecule has 2 aromatic carbocycles. The van der Waals surface area contributed by atoms with Crippen LogP contribution in [0, 0.1) is 6.92 Å². The van der Waals surface area contributed by atoms with Crippen molar-refractivity contribution in [3.05, 3.63) is 59.4 Å². The molecule has 106 valence electrons. The highest BCUT2D eigenvalue weighted by atomic mass is 16.5. The van der Waals surface area contributed by atoms with Gasteiger partial charge < -0.3 is 14.7 Å². The molecule has 1 heterocycles. The van der Waals surface area contributed by atoms with Gasteiger partial charge in [0.25, 0.3) is 5.89 Å². The molecule has 3 rings (SSSR count). The van der Waals surface area contributed by atoms with Crippen LogP contribution in [0.5, 0.6) is 11.5 Å². The summed E-state index contributed by atoms with van der Waals surface area (Å²) in [6, 6.07) is 12.2. The number of benzene rings is 2. The lowest BCUT2D eigenvalue weighted by Crippen LogP contribution is -1.90. The average Bonchev–Trinajstić information content (AvgIpc) is 2.93. The van der Waals surface area contributed by atoms with Crippen molar-refractivity contribution >= 4 is 0 Å². The predicted molar refractivity (Wildman–Crippen MR) is 77.0 cm³/mol. The Morgan fingerprint density at radius 2 is 1.81 bits per heavy atom. The molecule has 5 nitrogen and oxygen atoms in total. The molecule has 0 atom stereocenters. The maximum absolute atomic E-state index is 10.0. The third-order valence-electron chi connectivity index (χ3n) is 3.23. The van der Waals surface area contributed by atoms with Crippen LogP contribution in [0.4, 0.5) is 0 Å². The summed E-state index contributed by atoms with van der Waals surface area (Å²) in [5, 5.41) is 23.2. The van der Waals surface area contributed by atoms with E-state index in [9.17, 15) is 10.2 Å². The van der Waals surface area contributed by atoms with Crippen molar-refractivity contribution in [2.24, 2.45) is 0 Å². The van der Waals surface area contributed by atoms with Crippen LogP contribution >= 0.6 is 0 Å². The van der Waals surface area contributed by atoms with Crippen LogP contribution in [0.1, 0.15) is 17.0 Å². The highest BCUT2D eigenvalue weighted by molar-refractivity contribution is 5.64. The minimum Gasteiger partial charge on any atom is -0.508 e. The highest BCUT2D eigenvalue weighted by Crippen LogP contribution is 2.30. The Balaban J connectivity index is 1.86. The Hall–Kier alpha value is -2.82. The van der Waals surface area contributed by atoms with Crippen LogP contribution in [-0.4, -0.2) is 20.4 Å². The summed E-state index contributed by atoms with van der Waals surface area (Å²) >= 11 is 0. The second-order valence-electron chi connectivity index (χ2n) is 4.83. The van der Waals surface area contributed by atoms with Gasteiger partial charge in [0.2, 0.25) is 0 Å². The lowest BCUT2D eigenvalue weighted by Gasteiger charge is -2.01. The molecule has 0 saturated carbocycles. The van der Waals surface area contributed by atoms with Gasteiger partial charge in [0.1, 0.15) is 11.5 Å². The molecule has 0 unspecified atom stereocenters. The molecule has 0 spiro atoms. The Labute approximate surface area is 121 Å². The number of phenols is 2. The number of para-hydroxylation sites is 1. The van der Waals surface area contributed by atoms with E-state index >= 15 is 0 Å². The van der Waals surface area contributed by atoms with Crippen molar-refractivity contribution in [2.75, 3.05) is 0 Å². The number of aromatic hydroxyl groups is 2. The van der Waals surface area contributed by atoms with E-state index in [1.165, 1.54) is 0 Å². The monoisotopic (exact) mass is 282 g/mol. The largest absolute Gasteiger partial charge is 0.508 e. The minimum atomic E-state index is 0.150. The lowest BCUT2D eigenvalue weighted by atomic mass is 10.1. The zero-order valence-corrected chi connectivity index (χ0v) is 11.4. The highest BCUT2D eigenvalue weighted by Gasteiger charge is 2.14. The summed E-state index contributed by atoms with van der Waals surface area (Å²) in [6.45, 7) is 1.81. The van der Waals surface area contributed by atoms with Gasteiger partial charge in [0, 0.05) is 6.42 Å². The molecule has 0 amide bonds. The van der Waals surface area contributed by atoms with E-state index in [1.807, 2.05) is 19.1 Å². The average molecular weight is 282 g/mol. The van der Waals surface area contributed by atoms with E-state index in [-0.39, 0.29) is 11.5 Å². The van der Waals surface area contributed by atoms with Gasteiger partial charge in [-0.15, -0.1) is 0 Å². The Kier molecular flexibility index (Phi) is 3.31. The molecule has 5 heteroatoms. The summed E-state index contributed by atoms with van der Waals surface area (Å²) in [6.07, 6.45) is 0.496. The normalized spacial score (nSPS) is 10.7. The second kappa shape index (κ2) is 5.28. The van der Waals surface area contributed by atoms with Crippen LogP contribution in [-0.2, 0) is 6.42 Å². The molecular weight excluding hydrogens is 268 g/mol. The first kappa shape index (κ1) is 13.2. The van der Waals surface area contributed by atoms with Gasteiger partial charge in [-0.3, -0.25) is 0 Å². The number of hydrogen-bond donors (Lipinski definition) is 2. The van der Waals surface area contributed by atoms with Gasteiger partial charge in [0.05, 0.1) is 5.56 Å². The fourth-order valence-corrected chi connectivity index (χ4v) is 2.06. The molecule has 0 radical (unpaired) electrons. The van der Waals surface area contributed by atoms with Crippen LogP contribution in [0.15, 0.2) is 47.0 Å². The first-order valence-electron chi connectivity index (χ1n) is 6.53. The number of hydrogen-bond acceptors (Lipinski definition) is 5. The van der Waals surface area contributed by atoms with Gasteiger partial charge in [-0.05, 0) is 36.2 Å². The molecule has 0 aliphatic rings. The van der Waals surface area contributed by atoms with Gasteiger partial charge >= 0.3 is 0 Å². The number of aryl methyl sites for hydroxylation is 1. The van der Waals surface area contributed by atoms with E-state index in [0.29, 0.717) is 23.7 Å². The predicted octanol–water partition coefficient (Wildman–Crippen LogP) is 3.05. The first-order chi connectivity index (χ1) is 10.1. The van der Waals surface area contributed by atoms with Crippen molar-refractivity contribution in [1.82, 2.24) is 10.1 Å². The third-order valence-corrected chi connectivity index (χ3v) is 3.23. The Morgan fingerprint density at radius 1 is 1.05 bits per heavy atom. The molecule has 0 aliphatic heterocycles. The number of aromatic nitrogens is 2. The third kappa shape index (κ3) is 2.72. The first-order valence-corrected chi connectivity index (χ1v) is 6.53. The fourth-order valence-electron chi connectivity index (χ4n) is 2.06. The zero-order valence-electron chi connectivity index (χ0n) is 11.4. The maximum atomic E-state index is 10.0. The molecule has 21 heavy (non-hydrogen) atoms. The van der Waals surface area contributed by atoms with Gasteiger partial charge in [-0.1, -0.05) is 29.4 Å². The van der Waals surface area contributed by atoms with Crippen LogP contribution < -0.4 is 0 Å². The van der Waals surface area contributed by atoms with Crippen LogP contribution in [0.3, 0.4) is 0 Å². The van der Waals surface area contributed by atoms with E-state index in [1.54, 1.807) is 30.3 Å². The van der Waals surface area contributed by atoms with Crippen molar-refractivity contribution in [2.45, 2.75) is 13.3 Å². The topological polar surface area (TPSA) is 79.4 Å². The van der Waals surface area contributed by atoms with Gasteiger partial charge in [-0.25, -0.2) is 0 Å². The molecule has 2 N–H and O–H groups in total. The molecule has 0 bridgehead atoms. The summed E-state index contributed by atoms with van der Waals surface area (Å²) in [5.74, 6) is 1.19. The van der Waals surface area contributed by atoms with Crippen LogP contribution in [0.2, 0.25) is 0 Å². The molecule has 3 aromatic rings. The smallest absolute Gasteiger partial charge is 0.261 e. The molecule has 0 aliphatic carbocycles. The summed E-state index contributed by atoms with van der Waals surface area (Å²) in [5.41, 5.74) is 2.25. The molecule has 0 fully saturated rings. The van der Waals surface area contributed by atoms with Gasteiger partial charge in [0.15, 0.2) is 5.82 Å². The number of phenolic OH excluding ortho intramolecular Hbond substituents is 2. The SMILES string of the molecule is Cc1cccc(-c2nc(Cc3ccc(O)cc3)no2)c1O. The second-order valence-corrected chi connectivity index (χ2v) is 4.83. The summed E-state index contributed by atoms with van der Waals surface area (Å²) in [7, 11) is 0. The fraction of sp³-hybridized carbons (Fsp3) is 0.125. The zero-order chi connectivity index (χ0) is 14.8. The molecule has 1 aromatic heterocycles. The Bertz CT molecular complexity index is 763. The van der Waals surface area contributed by atoms with Crippen molar-refractivity contribution in [3.8, 4) is 23.0 Å². The summed E-state index contributed by atoms with van der Waals surface area (Å²) in [4.78, 5) is 4.30. The van der Waals surface area contributed by atoms with E-state index in [2.05, 4.69) is 10.1 Å². The Morgan fingerprint density at radius 3 is 2.57 bits per heavy atom. The lowest BCUT2D eigenvalue weighted by molar-refractivity contribution is 0.418. The van der Waals surface area contributed by atoms with Crippen molar-refractivity contribution in [1.29, 1.82) is 0 Å². The quantitative estimate of drug-likeness (QED) is 0.771. The molecule has 0 saturated heterocycles. The van der Waals surface area contributed by atoms with E-state index in [4.69, 9.17) is 4.52 Å². The summed E-state index contributed by atoms with van der Waals surface area (Å²) < 4.78 is 5.21. The van der Waals surface area contributed by atoms with Crippen molar-refractivity contribution < 1.29 is 14.7 Å². The van der Waals surface area contributed by atoms with Crippen LogP contribution in [0.25, 0.3) is 11.5 Å². The molecular formula is C16H14N2O3. The number of nitrogens with zero attached hydrogens (tertiary/aromatic N) is 2. The van der Waals surface area contributed by atoms with Crippen molar-refractivity contribution in [3.63, 3.8) is 0 Å². The van der Waals surface area contributed by atoms with E-state index < -0.39 is 0 Å². The maximum Gasteiger partial charge on any atom is 0.261 e. The minimum absolute atomic E-state index is 0.150. The van der Waals surface area contributed by atoms with E-state index in [0.717, 1.165) is 11.1 Å². The number of rotatable bonds is 3. The standard InChI is InChI=1S/C16H14N2O3/c1-10-3-2-4-13(15(10)20)16-17-14(18-21-16)9-11-5-7-12(19)8-6-11/h2-8,19-20H,9H2,1H3.